The molecule has 0 aliphatic rings. The van der Waals surface area contributed by atoms with Crippen LogP contribution in [-0.2, 0) is 4.79 Å². The van der Waals surface area contributed by atoms with Gasteiger partial charge in [-0.15, -0.1) is 10.2 Å². The molecule has 2 aromatic heterocycles. The maximum absolute atomic E-state index is 12.5. The molecule has 6 nitrogen and oxygen atoms in total. The zero-order chi connectivity index (χ0) is 19.8. The molecule has 28 heavy (non-hydrogen) atoms. The molecule has 4 aromatic rings. The van der Waals surface area contributed by atoms with Gasteiger partial charge in [0.15, 0.2) is 5.65 Å². The monoisotopic (exact) mass is 391 g/mol. The summed E-state index contributed by atoms with van der Waals surface area (Å²) in [5.41, 5.74) is 6.63. The van der Waals surface area contributed by atoms with E-state index in [1.54, 1.807) is 0 Å². The Labute approximate surface area is 167 Å². The van der Waals surface area contributed by atoms with E-state index in [0.29, 0.717) is 10.8 Å². The number of aryl methyl sites for hydroxylation is 3. The van der Waals surface area contributed by atoms with Crippen LogP contribution in [0.5, 0.6) is 0 Å². The first-order valence-corrected chi connectivity index (χ1v) is 9.97. The zero-order valence-electron chi connectivity index (χ0n) is 16.2. The Balaban J connectivity index is 1.57. The van der Waals surface area contributed by atoms with Gasteiger partial charge in [0.2, 0.25) is 11.1 Å². The van der Waals surface area contributed by atoms with Crippen LogP contribution < -0.4 is 5.32 Å². The highest BCUT2D eigenvalue weighted by Crippen LogP contribution is 2.28. The lowest BCUT2D eigenvalue weighted by molar-refractivity contribution is -0.115. The Morgan fingerprint density at radius 2 is 1.89 bits per heavy atom. The first kappa shape index (κ1) is 18.4. The number of thioether (sulfide) groups is 1. The maximum atomic E-state index is 12.5. The van der Waals surface area contributed by atoms with Gasteiger partial charge >= 0.3 is 0 Å². The van der Waals surface area contributed by atoms with Crippen LogP contribution in [0.3, 0.4) is 0 Å². The van der Waals surface area contributed by atoms with Crippen molar-refractivity contribution in [3.63, 3.8) is 0 Å². The topological polar surface area (TPSA) is 83.6 Å². The lowest BCUT2D eigenvalue weighted by atomic mass is 10.1. The number of hydrogen-bond acceptors (Lipinski definition) is 5. The van der Waals surface area contributed by atoms with Gasteiger partial charge in [-0.2, -0.15) is 0 Å². The Bertz CT molecular complexity index is 1200. The second-order valence-electron chi connectivity index (χ2n) is 6.99. The number of fused-ring (bicyclic) bond motifs is 3. The second kappa shape index (κ2) is 7.24. The number of aromatic nitrogens is 4. The summed E-state index contributed by atoms with van der Waals surface area (Å²) >= 11 is 1.29. The van der Waals surface area contributed by atoms with Crippen LogP contribution >= 0.6 is 11.8 Å². The second-order valence-corrected chi connectivity index (χ2v) is 8.29. The number of amides is 1. The van der Waals surface area contributed by atoms with Crippen molar-refractivity contribution in [1.29, 1.82) is 0 Å². The number of carbonyl (C=O) groups is 1. The summed E-state index contributed by atoms with van der Waals surface area (Å²) in [6.45, 7) is 7.93. The van der Waals surface area contributed by atoms with Crippen LogP contribution in [0, 0.1) is 20.8 Å². The van der Waals surface area contributed by atoms with E-state index >= 15 is 0 Å². The number of hydrogen-bond donors (Lipinski definition) is 2. The molecule has 7 heteroatoms. The molecule has 0 aliphatic heterocycles. The molecule has 0 bridgehead atoms. The predicted octanol–water partition coefficient (Wildman–Crippen LogP) is 4.55. The molecule has 2 aromatic carbocycles. The number of benzene rings is 2. The van der Waals surface area contributed by atoms with Crippen LogP contribution in [0.15, 0.2) is 41.6 Å². The predicted molar refractivity (Wildman–Crippen MR) is 114 cm³/mol. The summed E-state index contributed by atoms with van der Waals surface area (Å²) in [5, 5.41) is 12.7. The zero-order valence-corrected chi connectivity index (χ0v) is 17.0. The lowest BCUT2D eigenvalue weighted by Gasteiger charge is -2.12. The van der Waals surface area contributed by atoms with Gasteiger partial charge in [0.25, 0.3) is 0 Å². The first-order valence-electron chi connectivity index (χ1n) is 9.09. The van der Waals surface area contributed by atoms with Crippen molar-refractivity contribution < 1.29 is 4.79 Å². The minimum absolute atomic E-state index is 0.0916. The number of nitrogens with one attached hydrogen (secondary N) is 2. The summed E-state index contributed by atoms with van der Waals surface area (Å²) in [6, 6.07) is 11.9. The van der Waals surface area contributed by atoms with Gasteiger partial charge in [0.1, 0.15) is 5.52 Å². The van der Waals surface area contributed by atoms with Crippen molar-refractivity contribution in [2.75, 3.05) is 5.32 Å². The molecule has 0 fully saturated rings. The Morgan fingerprint density at radius 1 is 1.11 bits per heavy atom. The summed E-state index contributed by atoms with van der Waals surface area (Å²) in [6.07, 6.45) is 0. The molecule has 0 radical (unpaired) electrons. The average Bonchev–Trinajstić information content (AvgIpc) is 3.01. The highest BCUT2D eigenvalue weighted by molar-refractivity contribution is 8.00. The number of rotatable bonds is 4. The van der Waals surface area contributed by atoms with Crippen molar-refractivity contribution in [2.45, 2.75) is 38.1 Å². The molecular formula is C21H21N5OS. The van der Waals surface area contributed by atoms with E-state index in [1.807, 2.05) is 38.1 Å². The van der Waals surface area contributed by atoms with Crippen molar-refractivity contribution in [2.24, 2.45) is 0 Å². The van der Waals surface area contributed by atoms with E-state index in [-0.39, 0.29) is 11.2 Å². The number of nitrogens with zero attached hydrogens (tertiary/aromatic N) is 3. The van der Waals surface area contributed by atoms with Gasteiger partial charge in [-0.25, -0.2) is 4.98 Å². The van der Waals surface area contributed by atoms with E-state index in [4.69, 9.17) is 0 Å². The molecule has 2 N–H and O–H groups in total. The molecule has 4 rings (SSSR count). The summed E-state index contributed by atoms with van der Waals surface area (Å²) in [7, 11) is 0. The third kappa shape index (κ3) is 3.45. The number of H-pyrrole nitrogens is 1. The molecule has 0 spiro atoms. The smallest absolute Gasteiger partial charge is 0.237 e. The number of carbonyl (C=O) groups excluding carboxylic acids is 1. The molecule has 0 saturated carbocycles. The SMILES string of the molecule is Cc1cc(C)c2[nH]c3nc(S[C@@H](C)C(=O)Nc4ccccc4C)nnc3c2c1. The van der Waals surface area contributed by atoms with Gasteiger partial charge in [-0.1, -0.05) is 41.6 Å². The highest BCUT2D eigenvalue weighted by Gasteiger charge is 2.18. The van der Waals surface area contributed by atoms with E-state index in [2.05, 4.69) is 51.5 Å². The fourth-order valence-corrected chi connectivity index (χ4v) is 3.94. The van der Waals surface area contributed by atoms with Crippen molar-refractivity contribution in [3.8, 4) is 0 Å². The molecule has 0 aliphatic carbocycles. The van der Waals surface area contributed by atoms with E-state index in [9.17, 15) is 4.79 Å². The molecule has 1 amide bonds. The normalized spacial score (nSPS) is 12.4. The number of para-hydroxylation sites is 1. The van der Waals surface area contributed by atoms with Crippen LogP contribution in [0.2, 0.25) is 0 Å². The average molecular weight is 392 g/mol. The standard InChI is InChI=1S/C21H21N5OS/c1-11-9-13(3)17-15(10-11)18-19(23-17)24-21(26-25-18)28-14(4)20(27)22-16-8-6-5-7-12(16)2/h5-10,14H,1-4H3,(H,22,27)(H,23,24,26)/t14-/m0/s1. The van der Waals surface area contributed by atoms with Crippen molar-refractivity contribution in [3.05, 3.63) is 53.1 Å². The van der Waals surface area contributed by atoms with Crippen molar-refractivity contribution in [1.82, 2.24) is 20.2 Å². The van der Waals surface area contributed by atoms with Crippen LogP contribution in [-0.4, -0.2) is 31.3 Å². The molecular weight excluding hydrogens is 370 g/mol. The molecule has 0 unspecified atom stereocenters. The van der Waals surface area contributed by atoms with Gasteiger partial charge in [-0.3, -0.25) is 4.79 Å². The van der Waals surface area contributed by atoms with Gasteiger partial charge < -0.3 is 10.3 Å². The van der Waals surface area contributed by atoms with E-state index in [1.165, 1.54) is 17.3 Å². The first-order chi connectivity index (χ1) is 13.4. The van der Waals surface area contributed by atoms with Gasteiger partial charge in [0, 0.05) is 11.1 Å². The molecule has 1 atom stereocenters. The minimum Gasteiger partial charge on any atom is -0.337 e. The largest absolute Gasteiger partial charge is 0.337 e. The third-order valence-electron chi connectivity index (χ3n) is 4.70. The molecule has 0 saturated heterocycles. The van der Waals surface area contributed by atoms with Crippen LogP contribution in [0.4, 0.5) is 5.69 Å². The minimum atomic E-state index is -0.354. The summed E-state index contributed by atoms with van der Waals surface area (Å²) in [4.78, 5) is 20.5. The van der Waals surface area contributed by atoms with Crippen molar-refractivity contribution >= 4 is 45.4 Å². The Morgan fingerprint density at radius 3 is 2.68 bits per heavy atom. The summed E-state index contributed by atoms with van der Waals surface area (Å²) in [5.74, 6) is -0.0916. The maximum Gasteiger partial charge on any atom is 0.237 e. The third-order valence-corrected chi connectivity index (χ3v) is 5.65. The number of aromatic amines is 1. The lowest BCUT2D eigenvalue weighted by Crippen LogP contribution is -2.23. The molecule has 2 heterocycles. The fraction of sp³-hybridized carbons (Fsp3) is 0.238. The Kier molecular flexibility index (Phi) is 4.77. The van der Waals surface area contributed by atoms with Gasteiger partial charge in [0.05, 0.1) is 10.8 Å². The highest BCUT2D eigenvalue weighted by atomic mass is 32.2. The van der Waals surface area contributed by atoms with E-state index in [0.717, 1.165) is 33.2 Å². The van der Waals surface area contributed by atoms with E-state index < -0.39 is 0 Å². The quantitative estimate of drug-likeness (QED) is 0.499. The van der Waals surface area contributed by atoms with Gasteiger partial charge in [-0.05, 0) is 51.0 Å². The Hall–Kier alpha value is -2.93. The number of anilines is 1. The summed E-state index contributed by atoms with van der Waals surface area (Å²) < 4.78 is 0. The fourth-order valence-electron chi connectivity index (χ4n) is 3.23. The van der Waals surface area contributed by atoms with Crippen LogP contribution in [0.1, 0.15) is 23.6 Å². The van der Waals surface area contributed by atoms with Crippen LogP contribution in [0.25, 0.3) is 22.1 Å². The molecule has 142 valence electrons.